The molecule has 0 aliphatic carbocycles. The van der Waals surface area contributed by atoms with Crippen LogP contribution in [0.1, 0.15) is 27.2 Å². The number of furan rings is 1. The predicted octanol–water partition coefficient (Wildman–Crippen LogP) is 3.88. The highest BCUT2D eigenvalue weighted by Gasteiger charge is 2.33. The van der Waals surface area contributed by atoms with Crippen molar-refractivity contribution in [3.8, 4) is 0 Å². The molecule has 1 heterocycles. The second-order valence-corrected chi connectivity index (χ2v) is 4.71. The van der Waals surface area contributed by atoms with Gasteiger partial charge in [0.2, 0.25) is 0 Å². The van der Waals surface area contributed by atoms with E-state index in [0.29, 0.717) is 11.3 Å². The quantitative estimate of drug-likeness (QED) is 0.861. The van der Waals surface area contributed by atoms with E-state index in [4.69, 9.17) is 4.42 Å². The van der Waals surface area contributed by atoms with E-state index in [9.17, 15) is 18.0 Å². The van der Waals surface area contributed by atoms with Crippen LogP contribution >= 0.6 is 0 Å². The summed E-state index contributed by atoms with van der Waals surface area (Å²) in [6.07, 6.45) is -3.06. The van der Waals surface area contributed by atoms with Gasteiger partial charge in [0, 0.05) is 13.6 Å². The predicted molar refractivity (Wildman–Crippen MR) is 70.7 cm³/mol. The highest BCUT2D eigenvalue weighted by molar-refractivity contribution is 5.94. The molecular weight excluding hydrogens is 283 g/mol. The topological polar surface area (TPSA) is 33.5 Å². The number of aryl methyl sites for hydroxylation is 1. The number of carbonyl (C=O) groups is 1. The minimum Gasteiger partial charge on any atom is -0.469 e. The maximum Gasteiger partial charge on any atom is 0.416 e. The maximum atomic E-state index is 12.9. The van der Waals surface area contributed by atoms with E-state index in [-0.39, 0.29) is 18.0 Å². The van der Waals surface area contributed by atoms with Crippen LogP contribution in [0.2, 0.25) is 0 Å². The lowest BCUT2D eigenvalue weighted by Crippen LogP contribution is -2.27. The van der Waals surface area contributed by atoms with Crippen LogP contribution in [0.25, 0.3) is 0 Å². The molecular formula is C15H14F3NO2. The second-order valence-electron chi connectivity index (χ2n) is 4.71. The van der Waals surface area contributed by atoms with Crippen LogP contribution in [0, 0.1) is 6.92 Å². The Morgan fingerprint density at radius 3 is 2.48 bits per heavy atom. The monoisotopic (exact) mass is 297 g/mol. The van der Waals surface area contributed by atoms with Gasteiger partial charge in [-0.1, -0.05) is 18.2 Å². The van der Waals surface area contributed by atoms with Crippen LogP contribution in [0.4, 0.5) is 13.2 Å². The zero-order valence-corrected chi connectivity index (χ0v) is 11.6. The van der Waals surface area contributed by atoms with Gasteiger partial charge in [-0.15, -0.1) is 0 Å². The molecule has 0 N–H and O–H groups in total. The number of hydrogen-bond donors (Lipinski definition) is 0. The normalized spacial score (nSPS) is 11.5. The summed E-state index contributed by atoms with van der Waals surface area (Å²) in [7, 11) is 1.46. The molecule has 2 rings (SSSR count). The molecule has 3 nitrogen and oxygen atoms in total. The number of halogens is 3. The van der Waals surface area contributed by atoms with Crippen molar-refractivity contribution in [2.24, 2.45) is 0 Å². The number of carbonyl (C=O) groups excluding carboxylic acids is 1. The fourth-order valence-corrected chi connectivity index (χ4v) is 2.07. The molecule has 0 saturated heterocycles. The minimum absolute atomic E-state index is 0.0574. The smallest absolute Gasteiger partial charge is 0.416 e. The molecule has 21 heavy (non-hydrogen) atoms. The molecule has 6 heteroatoms. The molecule has 0 unspecified atom stereocenters. The lowest BCUT2D eigenvalue weighted by Gasteiger charge is -2.20. The second kappa shape index (κ2) is 5.63. The Morgan fingerprint density at radius 1 is 1.24 bits per heavy atom. The molecule has 0 aliphatic heterocycles. The molecule has 0 bridgehead atoms. The largest absolute Gasteiger partial charge is 0.469 e. The minimum atomic E-state index is -4.44. The van der Waals surface area contributed by atoms with Gasteiger partial charge in [0.15, 0.2) is 0 Å². The van der Waals surface area contributed by atoms with Gasteiger partial charge in [-0.3, -0.25) is 4.79 Å². The molecule has 0 aliphatic rings. The third kappa shape index (κ3) is 3.26. The Kier molecular flexibility index (Phi) is 4.06. The third-order valence-electron chi connectivity index (χ3n) is 3.17. The van der Waals surface area contributed by atoms with Crippen molar-refractivity contribution in [3.63, 3.8) is 0 Å². The van der Waals surface area contributed by atoms with Gasteiger partial charge in [-0.05, 0) is 24.6 Å². The number of nitrogens with zero attached hydrogens (tertiary/aromatic N) is 1. The Hall–Kier alpha value is -2.24. The molecule has 2 aromatic rings. The Balaban J connectivity index is 2.23. The van der Waals surface area contributed by atoms with Crippen LogP contribution in [0.15, 0.2) is 41.0 Å². The zero-order valence-electron chi connectivity index (χ0n) is 11.6. The van der Waals surface area contributed by atoms with Crippen molar-refractivity contribution >= 4 is 5.91 Å². The number of benzene rings is 1. The molecule has 0 spiro atoms. The lowest BCUT2D eigenvalue weighted by atomic mass is 10.1. The van der Waals surface area contributed by atoms with E-state index >= 15 is 0 Å². The highest BCUT2D eigenvalue weighted by Crippen LogP contribution is 2.32. The summed E-state index contributed by atoms with van der Waals surface area (Å²) in [5, 5.41) is 0. The van der Waals surface area contributed by atoms with Gasteiger partial charge in [-0.2, -0.15) is 13.2 Å². The van der Waals surface area contributed by atoms with Gasteiger partial charge < -0.3 is 9.32 Å². The number of alkyl halides is 3. The summed E-state index contributed by atoms with van der Waals surface area (Å²) in [6, 6.07) is 6.73. The van der Waals surface area contributed by atoms with Gasteiger partial charge in [-0.25, -0.2) is 0 Å². The number of amides is 1. The van der Waals surface area contributed by atoms with Crippen molar-refractivity contribution < 1.29 is 22.4 Å². The van der Waals surface area contributed by atoms with Crippen LogP contribution in [-0.4, -0.2) is 17.9 Å². The summed E-state index contributed by atoms with van der Waals surface area (Å²) in [4.78, 5) is 13.4. The van der Waals surface area contributed by atoms with Crippen LogP contribution in [0.5, 0.6) is 0 Å². The Morgan fingerprint density at radius 2 is 1.90 bits per heavy atom. The van der Waals surface area contributed by atoms with Crippen molar-refractivity contribution in [3.05, 3.63) is 59.0 Å². The maximum absolute atomic E-state index is 12.9. The first-order chi connectivity index (χ1) is 9.80. The molecule has 1 aromatic carbocycles. The van der Waals surface area contributed by atoms with Gasteiger partial charge in [0.1, 0.15) is 5.76 Å². The molecule has 0 fully saturated rings. The van der Waals surface area contributed by atoms with E-state index in [0.717, 1.165) is 6.07 Å². The van der Waals surface area contributed by atoms with E-state index in [1.165, 1.54) is 42.5 Å². The Bertz CT molecular complexity index is 646. The van der Waals surface area contributed by atoms with Crippen molar-refractivity contribution in [1.29, 1.82) is 0 Å². The first kappa shape index (κ1) is 15.2. The molecule has 0 radical (unpaired) electrons. The standard InChI is InChI=1S/C15H14F3NO2/c1-10-12(7-8-21-10)14(20)19(2)9-11-5-3-4-6-13(11)15(16,17)18/h3-8H,9H2,1-2H3. The molecule has 1 amide bonds. The molecule has 0 saturated carbocycles. The summed E-state index contributed by atoms with van der Waals surface area (Å²) in [5.41, 5.74) is -0.322. The fourth-order valence-electron chi connectivity index (χ4n) is 2.07. The number of rotatable bonds is 3. The summed E-state index contributed by atoms with van der Waals surface area (Å²) in [5.74, 6) is 0.0641. The first-order valence-electron chi connectivity index (χ1n) is 6.25. The molecule has 1 aromatic heterocycles. The SMILES string of the molecule is Cc1occc1C(=O)N(C)Cc1ccccc1C(F)(F)F. The van der Waals surface area contributed by atoms with Crippen LogP contribution < -0.4 is 0 Å². The van der Waals surface area contributed by atoms with Gasteiger partial charge in [0.25, 0.3) is 5.91 Å². The summed E-state index contributed by atoms with van der Waals surface area (Å²) in [6.45, 7) is 1.50. The van der Waals surface area contributed by atoms with E-state index in [1.807, 2.05) is 0 Å². The molecule has 0 atom stereocenters. The van der Waals surface area contributed by atoms with Crippen LogP contribution in [0.3, 0.4) is 0 Å². The average Bonchev–Trinajstić information content (AvgIpc) is 2.83. The third-order valence-corrected chi connectivity index (χ3v) is 3.17. The number of hydrogen-bond acceptors (Lipinski definition) is 2. The van der Waals surface area contributed by atoms with Gasteiger partial charge >= 0.3 is 6.18 Å². The molecule has 112 valence electrons. The first-order valence-corrected chi connectivity index (χ1v) is 6.25. The summed E-state index contributed by atoms with van der Waals surface area (Å²) >= 11 is 0. The van der Waals surface area contributed by atoms with Crippen molar-refractivity contribution in [1.82, 2.24) is 4.90 Å². The lowest BCUT2D eigenvalue weighted by molar-refractivity contribution is -0.138. The van der Waals surface area contributed by atoms with Crippen LogP contribution in [-0.2, 0) is 12.7 Å². The van der Waals surface area contributed by atoms with E-state index in [2.05, 4.69) is 0 Å². The Labute approximate surface area is 120 Å². The summed E-state index contributed by atoms with van der Waals surface area (Å²) < 4.78 is 43.8. The van der Waals surface area contributed by atoms with Crippen molar-refractivity contribution in [2.45, 2.75) is 19.6 Å². The van der Waals surface area contributed by atoms with Gasteiger partial charge in [0.05, 0.1) is 17.4 Å². The fraction of sp³-hybridized carbons (Fsp3) is 0.267. The zero-order chi connectivity index (χ0) is 15.6. The van der Waals surface area contributed by atoms with E-state index < -0.39 is 11.7 Å². The van der Waals surface area contributed by atoms with Crippen molar-refractivity contribution in [2.75, 3.05) is 7.05 Å². The highest BCUT2D eigenvalue weighted by atomic mass is 19.4. The average molecular weight is 297 g/mol. The van der Waals surface area contributed by atoms with E-state index in [1.54, 1.807) is 6.92 Å².